The molecule has 17 heavy (non-hydrogen) atoms. The molecule has 0 aliphatic carbocycles. The number of aromatic nitrogens is 1. The van der Waals surface area contributed by atoms with E-state index in [9.17, 15) is 4.79 Å². The van der Waals surface area contributed by atoms with Crippen LogP contribution in [0.5, 0.6) is 0 Å². The van der Waals surface area contributed by atoms with Gasteiger partial charge in [-0.3, -0.25) is 4.79 Å². The van der Waals surface area contributed by atoms with Gasteiger partial charge in [0.25, 0.3) is 5.91 Å². The van der Waals surface area contributed by atoms with Gasteiger partial charge in [-0.05, 0) is 32.4 Å². The number of anilines is 1. The average molecular weight is 235 g/mol. The molecule has 1 rings (SSSR count). The fourth-order valence-corrected chi connectivity index (χ4v) is 1.67. The third-order valence-corrected chi connectivity index (χ3v) is 2.49. The topological polar surface area (TPSA) is 45.2 Å². The number of pyridine rings is 1. The van der Waals surface area contributed by atoms with Crippen molar-refractivity contribution in [1.29, 1.82) is 0 Å². The Morgan fingerprint density at radius 1 is 1.35 bits per heavy atom. The molecule has 0 fully saturated rings. The molecule has 0 unspecified atom stereocenters. The standard InChI is InChI=1S/C13H21N3O/c1-4-10-16(6-3)13(17)11-8-7-9-12(15-11)14-5-2/h7-9H,4-6,10H2,1-3H3,(H,14,15). The summed E-state index contributed by atoms with van der Waals surface area (Å²) < 4.78 is 0. The Kier molecular flexibility index (Phi) is 5.46. The van der Waals surface area contributed by atoms with Crippen LogP contribution in [-0.2, 0) is 0 Å². The van der Waals surface area contributed by atoms with Crippen molar-refractivity contribution in [2.24, 2.45) is 0 Å². The van der Waals surface area contributed by atoms with Crippen molar-refractivity contribution in [3.05, 3.63) is 23.9 Å². The number of rotatable bonds is 6. The maximum Gasteiger partial charge on any atom is 0.272 e. The lowest BCUT2D eigenvalue weighted by atomic mass is 10.3. The Balaban J connectivity index is 2.83. The number of hydrogen-bond donors (Lipinski definition) is 1. The molecule has 0 spiro atoms. The lowest BCUT2D eigenvalue weighted by Crippen LogP contribution is -2.32. The molecule has 1 heterocycles. The highest BCUT2D eigenvalue weighted by Gasteiger charge is 2.14. The van der Waals surface area contributed by atoms with E-state index in [1.54, 1.807) is 6.07 Å². The number of nitrogens with zero attached hydrogens (tertiary/aromatic N) is 2. The van der Waals surface area contributed by atoms with Gasteiger partial charge in [0.05, 0.1) is 0 Å². The second kappa shape index (κ2) is 6.89. The van der Waals surface area contributed by atoms with E-state index in [1.165, 1.54) is 0 Å². The van der Waals surface area contributed by atoms with Gasteiger partial charge in [-0.1, -0.05) is 13.0 Å². The lowest BCUT2D eigenvalue weighted by Gasteiger charge is -2.19. The number of amides is 1. The molecule has 4 heteroatoms. The summed E-state index contributed by atoms with van der Waals surface area (Å²) >= 11 is 0. The quantitative estimate of drug-likeness (QED) is 0.823. The van der Waals surface area contributed by atoms with Crippen LogP contribution in [0.4, 0.5) is 5.82 Å². The zero-order chi connectivity index (χ0) is 12.7. The smallest absolute Gasteiger partial charge is 0.272 e. The van der Waals surface area contributed by atoms with Gasteiger partial charge in [0, 0.05) is 19.6 Å². The molecule has 0 aromatic carbocycles. The molecule has 0 atom stereocenters. The predicted molar refractivity (Wildman–Crippen MR) is 70.3 cm³/mol. The largest absolute Gasteiger partial charge is 0.370 e. The Bertz CT molecular complexity index is 365. The van der Waals surface area contributed by atoms with Gasteiger partial charge in [0.1, 0.15) is 11.5 Å². The fourth-order valence-electron chi connectivity index (χ4n) is 1.67. The number of carbonyl (C=O) groups is 1. The highest BCUT2D eigenvalue weighted by atomic mass is 16.2. The van der Waals surface area contributed by atoms with Crippen molar-refractivity contribution in [2.45, 2.75) is 27.2 Å². The summed E-state index contributed by atoms with van der Waals surface area (Å²) in [5, 5.41) is 3.11. The third kappa shape index (κ3) is 3.73. The van der Waals surface area contributed by atoms with Gasteiger partial charge < -0.3 is 10.2 Å². The molecule has 1 aromatic rings. The molecule has 1 amide bonds. The first-order valence-electron chi connectivity index (χ1n) is 6.23. The third-order valence-electron chi connectivity index (χ3n) is 2.49. The summed E-state index contributed by atoms with van der Waals surface area (Å²) in [5.41, 5.74) is 0.513. The summed E-state index contributed by atoms with van der Waals surface area (Å²) in [6, 6.07) is 5.50. The maximum absolute atomic E-state index is 12.2. The normalized spacial score (nSPS) is 10.1. The second-order valence-electron chi connectivity index (χ2n) is 3.82. The molecule has 1 aromatic heterocycles. The van der Waals surface area contributed by atoms with Crippen LogP contribution in [0.1, 0.15) is 37.7 Å². The SMILES string of the molecule is CCCN(CC)C(=O)c1cccc(NCC)n1. The van der Waals surface area contributed by atoms with Gasteiger partial charge in [0.2, 0.25) is 0 Å². The van der Waals surface area contributed by atoms with E-state index >= 15 is 0 Å². The van der Waals surface area contributed by atoms with Crippen LogP contribution in [0.15, 0.2) is 18.2 Å². The van der Waals surface area contributed by atoms with Crippen LogP contribution in [0.2, 0.25) is 0 Å². The van der Waals surface area contributed by atoms with Gasteiger partial charge in [-0.15, -0.1) is 0 Å². The molecule has 0 aliphatic heterocycles. The summed E-state index contributed by atoms with van der Waals surface area (Å²) in [6.07, 6.45) is 0.965. The monoisotopic (exact) mass is 235 g/mol. The average Bonchev–Trinajstić information content (AvgIpc) is 2.36. The zero-order valence-corrected chi connectivity index (χ0v) is 10.9. The van der Waals surface area contributed by atoms with E-state index in [1.807, 2.05) is 30.9 Å². The molecule has 0 bridgehead atoms. The first-order valence-corrected chi connectivity index (χ1v) is 6.23. The van der Waals surface area contributed by atoms with Crippen LogP contribution in [0, 0.1) is 0 Å². The van der Waals surface area contributed by atoms with E-state index < -0.39 is 0 Å². The molecule has 0 radical (unpaired) electrons. The van der Waals surface area contributed by atoms with Crippen molar-refractivity contribution in [3.8, 4) is 0 Å². The van der Waals surface area contributed by atoms with Gasteiger partial charge in [-0.25, -0.2) is 4.98 Å². The highest BCUT2D eigenvalue weighted by molar-refractivity contribution is 5.92. The summed E-state index contributed by atoms with van der Waals surface area (Å²) in [7, 11) is 0. The lowest BCUT2D eigenvalue weighted by molar-refractivity contribution is 0.0758. The van der Waals surface area contributed by atoms with Crippen molar-refractivity contribution < 1.29 is 4.79 Å². The Labute approximate surface area is 103 Å². The Morgan fingerprint density at radius 3 is 2.71 bits per heavy atom. The minimum atomic E-state index is 0.00843. The number of hydrogen-bond acceptors (Lipinski definition) is 3. The number of carbonyl (C=O) groups excluding carboxylic acids is 1. The van der Waals surface area contributed by atoms with Gasteiger partial charge in [-0.2, -0.15) is 0 Å². The predicted octanol–water partition coefficient (Wildman–Crippen LogP) is 2.39. The maximum atomic E-state index is 12.2. The summed E-state index contributed by atoms with van der Waals surface area (Å²) in [6.45, 7) is 8.37. The van der Waals surface area contributed by atoms with E-state index in [4.69, 9.17) is 0 Å². The van der Waals surface area contributed by atoms with Crippen molar-refractivity contribution in [2.75, 3.05) is 25.0 Å². The Hall–Kier alpha value is -1.58. The van der Waals surface area contributed by atoms with E-state index in [-0.39, 0.29) is 5.91 Å². The fraction of sp³-hybridized carbons (Fsp3) is 0.538. The molecule has 4 nitrogen and oxygen atoms in total. The summed E-state index contributed by atoms with van der Waals surface area (Å²) in [5.74, 6) is 0.764. The van der Waals surface area contributed by atoms with Crippen molar-refractivity contribution in [1.82, 2.24) is 9.88 Å². The van der Waals surface area contributed by atoms with Gasteiger partial charge >= 0.3 is 0 Å². The van der Waals surface area contributed by atoms with Crippen LogP contribution < -0.4 is 5.32 Å². The molecular weight excluding hydrogens is 214 g/mol. The van der Waals surface area contributed by atoms with Crippen LogP contribution in [0.25, 0.3) is 0 Å². The minimum Gasteiger partial charge on any atom is -0.370 e. The second-order valence-corrected chi connectivity index (χ2v) is 3.82. The molecule has 0 saturated carbocycles. The zero-order valence-electron chi connectivity index (χ0n) is 10.9. The van der Waals surface area contributed by atoms with Crippen LogP contribution >= 0.6 is 0 Å². The molecule has 94 valence electrons. The molecular formula is C13H21N3O. The molecule has 1 N–H and O–H groups in total. The van der Waals surface area contributed by atoms with Crippen molar-refractivity contribution >= 4 is 11.7 Å². The summed E-state index contributed by atoms with van der Waals surface area (Å²) in [4.78, 5) is 18.3. The molecule has 0 saturated heterocycles. The first-order chi connectivity index (χ1) is 8.22. The van der Waals surface area contributed by atoms with E-state index in [2.05, 4.69) is 17.2 Å². The van der Waals surface area contributed by atoms with E-state index in [0.717, 1.165) is 31.9 Å². The first kappa shape index (κ1) is 13.5. The van der Waals surface area contributed by atoms with E-state index in [0.29, 0.717) is 5.69 Å². The minimum absolute atomic E-state index is 0.00843. The van der Waals surface area contributed by atoms with Crippen LogP contribution in [-0.4, -0.2) is 35.4 Å². The Morgan fingerprint density at radius 2 is 2.12 bits per heavy atom. The molecule has 0 aliphatic rings. The van der Waals surface area contributed by atoms with Crippen molar-refractivity contribution in [3.63, 3.8) is 0 Å². The highest BCUT2D eigenvalue weighted by Crippen LogP contribution is 2.07. The van der Waals surface area contributed by atoms with Gasteiger partial charge in [0.15, 0.2) is 0 Å². The number of nitrogens with one attached hydrogen (secondary N) is 1. The van der Waals surface area contributed by atoms with Crippen LogP contribution in [0.3, 0.4) is 0 Å².